The molecule has 30 heavy (non-hydrogen) atoms. The summed E-state index contributed by atoms with van der Waals surface area (Å²) in [6.45, 7) is 23.0. The van der Waals surface area contributed by atoms with E-state index < -0.39 is 11.7 Å². The van der Waals surface area contributed by atoms with Crippen LogP contribution in [0, 0.1) is 6.92 Å². The molecule has 0 unspecified atom stereocenters. The van der Waals surface area contributed by atoms with Crippen LogP contribution >= 0.6 is 0 Å². The largest absolute Gasteiger partial charge is 0.416 e. The van der Waals surface area contributed by atoms with Crippen LogP contribution in [-0.2, 0) is 12.6 Å². The summed E-state index contributed by atoms with van der Waals surface area (Å²) in [7, 11) is 0. The molecule has 0 N–H and O–H groups in total. The van der Waals surface area contributed by atoms with Crippen molar-refractivity contribution in [3.05, 3.63) is 66.3 Å². The van der Waals surface area contributed by atoms with Gasteiger partial charge in [-0.2, -0.15) is 13.2 Å². The second-order valence-corrected chi connectivity index (χ2v) is 6.54. The Balaban J connectivity index is 0. The van der Waals surface area contributed by atoms with Gasteiger partial charge in [-0.25, -0.2) is 4.98 Å². The van der Waals surface area contributed by atoms with Gasteiger partial charge in [0.15, 0.2) is 0 Å². The van der Waals surface area contributed by atoms with Crippen LogP contribution in [0.3, 0.4) is 0 Å². The van der Waals surface area contributed by atoms with Crippen molar-refractivity contribution in [1.29, 1.82) is 0 Å². The molecule has 2 aromatic rings. The lowest BCUT2D eigenvalue weighted by atomic mass is 10.1. The minimum atomic E-state index is -4.33. The van der Waals surface area contributed by atoms with E-state index in [9.17, 15) is 13.2 Å². The van der Waals surface area contributed by atoms with Crippen LogP contribution in [-0.4, -0.2) is 9.55 Å². The van der Waals surface area contributed by atoms with Crippen LogP contribution in [0.5, 0.6) is 0 Å². The summed E-state index contributed by atoms with van der Waals surface area (Å²) in [6, 6.07) is 3.79. The van der Waals surface area contributed by atoms with Crippen molar-refractivity contribution < 1.29 is 13.2 Å². The van der Waals surface area contributed by atoms with E-state index in [4.69, 9.17) is 0 Å². The van der Waals surface area contributed by atoms with Gasteiger partial charge >= 0.3 is 6.18 Å². The summed E-state index contributed by atoms with van der Waals surface area (Å²) in [6.07, 6.45) is 2.06. The van der Waals surface area contributed by atoms with Crippen LogP contribution in [0.15, 0.2) is 43.6 Å². The molecule has 0 aliphatic carbocycles. The minimum Gasteiger partial charge on any atom is -0.296 e. The maximum Gasteiger partial charge on any atom is 0.416 e. The lowest BCUT2D eigenvalue weighted by Crippen LogP contribution is -2.09. The van der Waals surface area contributed by atoms with E-state index in [1.54, 1.807) is 19.2 Å². The SMILES string of the molecule is C=C(C)c1cnc(CCC)n1-c1ccc(C(F)(F)F)cc1C.C=CC.CC.CCC. The van der Waals surface area contributed by atoms with Crippen molar-refractivity contribution in [2.24, 2.45) is 0 Å². The maximum absolute atomic E-state index is 12.8. The second-order valence-electron chi connectivity index (χ2n) is 6.54. The van der Waals surface area contributed by atoms with Gasteiger partial charge in [-0.1, -0.05) is 53.7 Å². The van der Waals surface area contributed by atoms with Gasteiger partial charge in [0.2, 0.25) is 0 Å². The van der Waals surface area contributed by atoms with Gasteiger partial charge in [0, 0.05) is 6.42 Å². The average Bonchev–Trinajstić information content (AvgIpc) is 3.08. The Hall–Kier alpha value is -2.30. The first-order valence-electron chi connectivity index (χ1n) is 10.6. The number of rotatable bonds is 4. The third kappa shape index (κ3) is 9.47. The molecule has 2 rings (SSSR count). The van der Waals surface area contributed by atoms with Crippen LogP contribution in [0.25, 0.3) is 11.3 Å². The first-order chi connectivity index (χ1) is 14.1. The van der Waals surface area contributed by atoms with Gasteiger partial charge < -0.3 is 0 Å². The molecule has 0 fully saturated rings. The zero-order valence-electron chi connectivity index (χ0n) is 20.0. The fraction of sp³-hybridized carbons (Fsp3) is 0.480. The monoisotopic (exact) mass is 424 g/mol. The third-order valence-electron chi connectivity index (χ3n) is 3.51. The van der Waals surface area contributed by atoms with Crippen molar-refractivity contribution in [2.75, 3.05) is 0 Å². The molecule has 0 amide bonds. The molecule has 0 saturated heterocycles. The molecular formula is C25H39F3N2. The van der Waals surface area contributed by atoms with Crippen LogP contribution in [0.4, 0.5) is 13.2 Å². The fourth-order valence-corrected chi connectivity index (χ4v) is 2.44. The summed E-state index contributed by atoms with van der Waals surface area (Å²) >= 11 is 0. The maximum atomic E-state index is 12.8. The molecule has 0 aliphatic rings. The number of alkyl halides is 3. The Morgan fingerprint density at radius 2 is 1.67 bits per heavy atom. The topological polar surface area (TPSA) is 17.8 Å². The smallest absolute Gasteiger partial charge is 0.296 e. The van der Waals surface area contributed by atoms with Crippen molar-refractivity contribution in [1.82, 2.24) is 9.55 Å². The van der Waals surface area contributed by atoms with Gasteiger partial charge in [0.1, 0.15) is 5.82 Å². The highest BCUT2D eigenvalue weighted by atomic mass is 19.4. The van der Waals surface area contributed by atoms with Crippen molar-refractivity contribution in [3.8, 4) is 5.69 Å². The molecule has 1 heterocycles. The van der Waals surface area contributed by atoms with Crippen LogP contribution < -0.4 is 0 Å². The van der Waals surface area contributed by atoms with Gasteiger partial charge in [0.25, 0.3) is 0 Å². The Morgan fingerprint density at radius 1 is 1.17 bits per heavy atom. The molecule has 0 radical (unpaired) electrons. The predicted octanol–water partition coefficient (Wildman–Crippen LogP) is 8.82. The Kier molecular flexibility index (Phi) is 15.5. The van der Waals surface area contributed by atoms with Crippen LogP contribution in [0.2, 0.25) is 0 Å². The molecule has 0 saturated carbocycles. The molecule has 0 bridgehead atoms. The zero-order chi connectivity index (χ0) is 23.9. The zero-order valence-corrected chi connectivity index (χ0v) is 20.0. The van der Waals surface area contributed by atoms with Gasteiger partial charge in [0.05, 0.1) is 23.1 Å². The first kappa shape index (κ1) is 29.9. The summed E-state index contributed by atoms with van der Waals surface area (Å²) in [5.74, 6) is 0.836. The highest BCUT2D eigenvalue weighted by Crippen LogP contribution is 2.32. The number of hydrogen-bond donors (Lipinski definition) is 0. The highest BCUT2D eigenvalue weighted by molar-refractivity contribution is 5.61. The number of benzene rings is 1. The van der Waals surface area contributed by atoms with E-state index in [1.165, 1.54) is 18.6 Å². The third-order valence-corrected chi connectivity index (χ3v) is 3.51. The second kappa shape index (κ2) is 15.5. The van der Waals surface area contributed by atoms with Crippen molar-refractivity contribution >= 4 is 5.57 Å². The van der Waals surface area contributed by atoms with Crippen LogP contribution in [0.1, 0.15) is 84.0 Å². The van der Waals surface area contributed by atoms with Gasteiger partial charge in [-0.15, -0.1) is 6.58 Å². The molecule has 1 aromatic carbocycles. The lowest BCUT2D eigenvalue weighted by Gasteiger charge is -2.16. The lowest BCUT2D eigenvalue weighted by molar-refractivity contribution is -0.137. The van der Waals surface area contributed by atoms with E-state index in [0.29, 0.717) is 11.3 Å². The number of halogens is 3. The quantitative estimate of drug-likeness (QED) is 0.448. The Labute approximate surface area is 181 Å². The van der Waals surface area contributed by atoms with Gasteiger partial charge in [-0.05, 0) is 56.5 Å². The number of allylic oxidation sites excluding steroid dienone is 2. The molecule has 5 heteroatoms. The Bertz CT molecular complexity index is 756. The molecule has 2 nitrogen and oxygen atoms in total. The first-order valence-corrected chi connectivity index (χ1v) is 10.6. The van der Waals surface area contributed by atoms with E-state index in [0.717, 1.165) is 36.0 Å². The van der Waals surface area contributed by atoms with E-state index >= 15 is 0 Å². The van der Waals surface area contributed by atoms with Crippen molar-refractivity contribution in [2.45, 2.75) is 80.8 Å². The summed E-state index contributed by atoms with van der Waals surface area (Å²) in [4.78, 5) is 4.40. The average molecular weight is 425 g/mol. The van der Waals surface area contributed by atoms with Crippen molar-refractivity contribution in [3.63, 3.8) is 0 Å². The van der Waals surface area contributed by atoms with E-state index in [2.05, 4.69) is 32.0 Å². The summed E-state index contributed by atoms with van der Waals surface area (Å²) < 4.78 is 40.4. The standard InChI is InChI=1S/C17H19F3N2.C3H8.C3H6.C2H6/c1-5-6-16-21-10-15(11(2)3)22(16)14-8-7-13(9-12(14)4)17(18,19)20;2*1-3-2;1-2/h7-10H,2,5-6H2,1,3-4H3;3H2,1-2H3;3H,1H2,2H3;1-2H3. The normalized spacial score (nSPS) is 9.83. The molecule has 0 spiro atoms. The molecule has 0 aliphatic heterocycles. The highest BCUT2D eigenvalue weighted by Gasteiger charge is 2.31. The fourth-order valence-electron chi connectivity index (χ4n) is 2.44. The number of imidazole rings is 1. The molecule has 1 aromatic heterocycles. The van der Waals surface area contributed by atoms with Gasteiger partial charge in [-0.3, -0.25) is 4.57 Å². The minimum absolute atomic E-state index is 0.563. The number of hydrogen-bond acceptors (Lipinski definition) is 1. The number of nitrogens with zero attached hydrogens (tertiary/aromatic N) is 2. The number of aromatic nitrogens is 2. The summed E-state index contributed by atoms with van der Waals surface area (Å²) in [5, 5.41) is 0. The summed E-state index contributed by atoms with van der Waals surface area (Å²) in [5.41, 5.74) is 2.29. The molecule has 170 valence electrons. The predicted molar refractivity (Wildman–Crippen MR) is 125 cm³/mol. The van der Waals surface area contributed by atoms with E-state index in [-0.39, 0.29) is 0 Å². The number of aryl methyl sites for hydroxylation is 2. The molecule has 0 atom stereocenters. The van der Waals surface area contributed by atoms with E-state index in [1.807, 2.05) is 39.2 Å². The Morgan fingerprint density at radius 3 is 2.03 bits per heavy atom. The molecular weight excluding hydrogens is 385 g/mol.